The number of aliphatic carboxylic acids is 1. The number of hydrogen-bond donors (Lipinski definition) is 2. The molecule has 1 atom stereocenters. The lowest BCUT2D eigenvalue weighted by Crippen LogP contribution is -2.38. The molecule has 1 aliphatic rings. The highest BCUT2D eigenvalue weighted by molar-refractivity contribution is 5.75. The fourth-order valence-electron chi connectivity index (χ4n) is 2.61. The molecule has 1 aromatic rings. The zero-order valence-corrected chi connectivity index (χ0v) is 11.3. The smallest absolute Gasteiger partial charge is 0.325 e. The van der Waals surface area contributed by atoms with Crippen molar-refractivity contribution in [3.05, 3.63) is 29.8 Å². The first-order valence-electron chi connectivity index (χ1n) is 6.83. The van der Waals surface area contributed by atoms with Crippen molar-refractivity contribution < 1.29 is 14.6 Å². The number of carboxylic acid groups (broad SMARTS) is 1. The molecule has 2 rings (SSSR count). The summed E-state index contributed by atoms with van der Waals surface area (Å²) in [5.41, 5.74) is 0.777. The van der Waals surface area contributed by atoms with Gasteiger partial charge in [-0.05, 0) is 30.5 Å². The highest BCUT2D eigenvalue weighted by atomic mass is 16.5. The molecule has 4 heteroatoms. The normalized spacial score (nSPS) is 17.9. The monoisotopic (exact) mass is 263 g/mol. The van der Waals surface area contributed by atoms with Gasteiger partial charge in [-0.15, -0.1) is 0 Å². The zero-order valence-electron chi connectivity index (χ0n) is 11.3. The number of benzene rings is 1. The van der Waals surface area contributed by atoms with Gasteiger partial charge in [-0.3, -0.25) is 10.1 Å². The highest BCUT2D eigenvalue weighted by Crippen LogP contribution is 2.23. The molecule has 4 nitrogen and oxygen atoms in total. The van der Waals surface area contributed by atoms with E-state index in [1.807, 2.05) is 12.1 Å². The Labute approximate surface area is 113 Å². The van der Waals surface area contributed by atoms with Crippen LogP contribution in [0.15, 0.2) is 24.3 Å². The number of rotatable bonds is 5. The number of ether oxygens (including phenoxy) is 1. The van der Waals surface area contributed by atoms with E-state index in [2.05, 4.69) is 5.32 Å². The largest absolute Gasteiger partial charge is 0.497 e. The Kier molecular flexibility index (Phi) is 4.80. The molecule has 2 N–H and O–H groups in total. The van der Waals surface area contributed by atoms with Crippen molar-refractivity contribution >= 4 is 5.97 Å². The predicted molar refractivity (Wildman–Crippen MR) is 73.4 cm³/mol. The molecule has 104 valence electrons. The minimum atomic E-state index is -0.823. The van der Waals surface area contributed by atoms with Crippen LogP contribution in [0.5, 0.6) is 5.75 Å². The maximum atomic E-state index is 11.4. The molecule has 0 spiro atoms. The van der Waals surface area contributed by atoms with Gasteiger partial charge in [0, 0.05) is 6.04 Å². The van der Waals surface area contributed by atoms with E-state index in [0.29, 0.717) is 6.04 Å². The Morgan fingerprint density at radius 2 is 1.89 bits per heavy atom. The van der Waals surface area contributed by atoms with Crippen LogP contribution in [0.3, 0.4) is 0 Å². The highest BCUT2D eigenvalue weighted by Gasteiger charge is 2.24. The van der Waals surface area contributed by atoms with E-state index in [0.717, 1.165) is 24.2 Å². The quantitative estimate of drug-likeness (QED) is 0.857. The van der Waals surface area contributed by atoms with E-state index in [-0.39, 0.29) is 0 Å². The van der Waals surface area contributed by atoms with Crippen LogP contribution in [0.4, 0.5) is 0 Å². The molecular formula is C15H21NO3. The summed E-state index contributed by atoms with van der Waals surface area (Å²) >= 11 is 0. The first-order valence-corrected chi connectivity index (χ1v) is 6.83. The first kappa shape index (κ1) is 13.9. The molecule has 1 aromatic carbocycles. The van der Waals surface area contributed by atoms with Gasteiger partial charge in [0.05, 0.1) is 7.11 Å². The van der Waals surface area contributed by atoms with Crippen LogP contribution < -0.4 is 10.1 Å². The Balaban J connectivity index is 2.07. The van der Waals surface area contributed by atoms with Crippen LogP contribution in [0.25, 0.3) is 0 Å². The molecule has 0 aromatic heterocycles. The minimum Gasteiger partial charge on any atom is -0.497 e. The maximum Gasteiger partial charge on any atom is 0.325 e. The van der Waals surface area contributed by atoms with E-state index in [9.17, 15) is 9.90 Å². The van der Waals surface area contributed by atoms with Crippen molar-refractivity contribution in [2.75, 3.05) is 7.11 Å². The average Bonchev–Trinajstić information content (AvgIpc) is 2.46. The molecule has 0 amide bonds. The van der Waals surface area contributed by atoms with Gasteiger partial charge < -0.3 is 9.84 Å². The van der Waals surface area contributed by atoms with Gasteiger partial charge in [-0.1, -0.05) is 31.4 Å². The summed E-state index contributed by atoms with van der Waals surface area (Å²) in [7, 11) is 1.60. The second-order valence-electron chi connectivity index (χ2n) is 5.05. The van der Waals surface area contributed by atoms with Crippen molar-refractivity contribution in [2.45, 2.75) is 44.2 Å². The third-order valence-electron chi connectivity index (χ3n) is 3.70. The molecular weight excluding hydrogens is 242 g/mol. The second-order valence-corrected chi connectivity index (χ2v) is 5.05. The molecule has 0 bridgehead atoms. The number of methoxy groups -OCH3 is 1. The van der Waals surface area contributed by atoms with Crippen LogP contribution in [0.2, 0.25) is 0 Å². The number of carboxylic acids is 1. The van der Waals surface area contributed by atoms with Crippen LogP contribution in [0, 0.1) is 0 Å². The second kappa shape index (κ2) is 6.57. The molecule has 0 heterocycles. The van der Waals surface area contributed by atoms with Crippen LogP contribution in [0.1, 0.15) is 43.7 Å². The van der Waals surface area contributed by atoms with Crippen LogP contribution in [-0.4, -0.2) is 24.2 Å². The van der Waals surface area contributed by atoms with Gasteiger partial charge in [0.15, 0.2) is 0 Å². The fourth-order valence-corrected chi connectivity index (χ4v) is 2.61. The van der Waals surface area contributed by atoms with E-state index < -0.39 is 12.0 Å². The zero-order chi connectivity index (χ0) is 13.7. The molecule has 1 saturated carbocycles. The average molecular weight is 263 g/mol. The Bertz CT molecular complexity index is 410. The van der Waals surface area contributed by atoms with Crippen LogP contribution in [-0.2, 0) is 4.79 Å². The van der Waals surface area contributed by atoms with Crippen molar-refractivity contribution in [3.8, 4) is 5.75 Å². The lowest BCUT2D eigenvalue weighted by atomic mass is 9.94. The van der Waals surface area contributed by atoms with E-state index >= 15 is 0 Å². The van der Waals surface area contributed by atoms with Gasteiger partial charge >= 0.3 is 5.97 Å². The van der Waals surface area contributed by atoms with Crippen molar-refractivity contribution in [1.82, 2.24) is 5.32 Å². The lowest BCUT2D eigenvalue weighted by molar-refractivity contribution is -0.140. The molecule has 0 radical (unpaired) electrons. The molecule has 19 heavy (non-hydrogen) atoms. The molecule has 0 aliphatic heterocycles. The summed E-state index contributed by atoms with van der Waals surface area (Å²) in [6.45, 7) is 0. The Morgan fingerprint density at radius 1 is 1.26 bits per heavy atom. The van der Waals surface area contributed by atoms with Crippen molar-refractivity contribution in [1.29, 1.82) is 0 Å². The third-order valence-corrected chi connectivity index (χ3v) is 3.70. The minimum absolute atomic E-state index is 0.317. The molecule has 1 fully saturated rings. The molecule has 1 unspecified atom stereocenters. The van der Waals surface area contributed by atoms with Gasteiger partial charge in [0.2, 0.25) is 0 Å². The third kappa shape index (κ3) is 3.70. The predicted octanol–water partition coefficient (Wildman–Crippen LogP) is 2.74. The maximum absolute atomic E-state index is 11.4. The summed E-state index contributed by atoms with van der Waals surface area (Å²) in [5.74, 6) is -0.0821. The first-order chi connectivity index (χ1) is 9.20. The molecule has 1 aliphatic carbocycles. The Hall–Kier alpha value is -1.55. The molecule has 0 saturated heterocycles. The summed E-state index contributed by atoms with van der Waals surface area (Å²) in [4.78, 5) is 11.4. The van der Waals surface area contributed by atoms with Gasteiger partial charge in [0.25, 0.3) is 0 Å². The van der Waals surface area contributed by atoms with Gasteiger partial charge in [0.1, 0.15) is 11.8 Å². The van der Waals surface area contributed by atoms with E-state index in [1.165, 1.54) is 19.3 Å². The number of nitrogens with one attached hydrogen (secondary N) is 1. The summed E-state index contributed by atoms with van der Waals surface area (Å²) in [6.07, 6.45) is 5.78. The summed E-state index contributed by atoms with van der Waals surface area (Å²) < 4.78 is 5.09. The van der Waals surface area contributed by atoms with Crippen LogP contribution >= 0.6 is 0 Å². The topological polar surface area (TPSA) is 58.6 Å². The number of hydrogen-bond acceptors (Lipinski definition) is 3. The van der Waals surface area contributed by atoms with Gasteiger partial charge in [-0.25, -0.2) is 0 Å². The summed E-state index contributed by atoms with van der Waals surface area (Å²) in [5, 5.41) is 12.7. The Morgan fingerprint density at radius 3 is 2.42 bits per heavy atom. The van der Waals surface area contributed by atoms with E-state index in [1.54, 1.807) is 19.2 Å². The standard InChI is InChI=1S/C15H21NO3/c1-19-13-9-7-11(8-10-13)14(15(17)18)16-12-5-3-2-4-6-12/h7-10,12,14,16H,2-6H2,1H3,(H,17,18). The van der Waals surface area contributed by atoms with E-state index in [4.69, 9.17) is 4.74 Å². The fraction of sp³-hybridized carbons (Fsp3) is 0.533. The lowest BCUT2D eigenvalue weighted by Gasteiger charge is -2.26. The van der Waals surface area contributed by atoms with Crippen molar-refractivity contribution in [2.24, 2.45) is 0 Å². The number of carbonyl (C=O) groups is 1. The van der Waals surface area contributed by atoms with Crippen molar-refractivity contribution in [3.63, 3.8) is 0 Å². The SMILES string of the molecule is COc1ccc(C(NC2CCCCC2)C(=O)O)cc1. The van der Waals surface area contributed by atoms with Gasteiger partial charge in [-0.2, -0.15) is 0 Å². The summed E-state index contributed by atoms with van der Waals surface area (Å²) in [6, 6.07) is 6.91.